The predicted octanol–water partition coefficient (Wildman–Crippen LogP) is 1.83. The van der Waals surface area contributed by atoms with Crippen molar-refractivity contribution in [2.45, 2.75) is 45.3 Å². The highest BCUT2D eigenvalue weighted by molar-refractivity contribution is 5.33. The molecule has 118 valence electrons. The second-order valence-corrected chi connectivity index (χ2v) is 5.51. The summed E-state index contributed by atoms with van der Waals surface area (Å²) in [6, 6.07) is 0. The summed E-state index contributed by atoms with van der Waals surface area (Å²) in [6.45, 7) is 7.69. The molecule has 1 aliphatic heterocycles. The maximum atomic E-state index is 5.86. The second kappa shape index (κ2) is 8.79. The van der Waals surface area contributed by atoms with Gasteiger partial charge in [-0.2, -0.15) is 4.98 Å². The maximum absolute atomic E-state index is 5.86. The Bertz CT molecular complexity index is 408. The minimum atomic E-state index is 0.105. The molecule has 0 atom stereocenters. The fraction of sp³-hybridized carbons (Fsp3) is 0.733. The molecular weight excluding hydrogens is 268 g/mol. The summed E-state index contributed by atoms with van der Waals surface area (Å²) in [6.07, 6.45) is 7.07. The van der Waals surface area contributed by atoms with E-state index in [9.17, 15) is 0 Å². The van der Waals surface area contributed by atoms with Gasteiger partial charge in [0.05, 0.1) is 24.6 Å². The average Bonchev–Trinajstić information content (AvgIpc) is 2.48. The second-order valence-electron chi connectivity index (χ2n) is 5.51. The highest BCUT2D eigenvalue weighted by Gasteiger charge is 2.12. The van der Waals surface area contributed by atoms with E-state index in [2.05, 4.69) is 20.6 Å². The molecule has 1 aromatic heterocycles. The standard InChI is InChI=1S/C15H26N4O2/c1-12(2)21-15-11-17-10-14(19-15)18-6-3-9-20-13-4-7-16-8-5-13/h10-13,16H,3-9H2,1-2H3,(H,18,19). The molecule has 2 rings (SSSR count). The molecule has 0 unspecified atom stereocenters. The van der Waals surface area contributed by atoms with Crippen LogP contribution in [0.5, 0.6) is 5.88 Å². The van der Waals surface area contributed by atoms with Gasteiger partial charge in [0.15, 0.2) is 0 Å². The Morgan fingerprint density at radius 3 is 2.90 bits per heavy atom. The minimum absolute atomic E-state index is 0.105. The van der Waals surface area contributed by atoms with Crippen LogP contribution in [0.1, 0.15) is 33.1 Å². The largest absolute Gasteiger partial charge is 0.474 e. The fourth-order valence-corrected chi connectivity index (χ4v) is 2.23. The van der Waals surface area contributed by atoms with Crippen molar-refractivity contribution in [2.24, 2.45) is 0 Å². The van der Waals surface area contributed by atoms with Gasteiger partial charge in [-0.25, -0.2) is 0 Å². The summed E-state index contributed by atoms with van der Waals surface area (Å²) < 4.78 is 11.4. The van der Waals surface area contributed by atoms with E-state index in [0.717, 1.165) is 51.3 Å². The van der Waals surface area contributed by atoms with Crippen LogP contribution in [-0.2, 0) is 4.74 Å². The average molecular weight is 294 g/mol. The van der Waals surface area contributed by atoms with E-state index in [0.29, 0.717) is 12.0 Å². The Labute approximate surface area is 126 Å². The number of hydrogen-bond acceptors (Lipinski definition) is 6. The number of nitrogens with zero attached hydrogens (tertiary/aromatic N) is 2. The molecule has 21 heavy (non-hydrogen) atoms. The number of ether oxygens (including phenoxy) is 2. The van der Waals surface area contributed by atoms with Crippen molar-refractivity contribution < 1.29 is 9.47 Å². The lowest BCUT2D eigenvalue weighted by Crippen LogP contribution is -2.32. The summed E-state index contributed by atoms with van der Waals surface area (Å²) >= 11 is 0. The summed E-state index contributed by atoms with van der Waals surface area (Å²) in [5, 5.41) is 6.59. The molecular formula is C15H26N4O2. The van der Waals surface area contributed by atoms with E-state index < -0.39 is 0 Å². The van der Waals surface area contributed by atoms with Gasteiger partial charge in [-0.15, -0.1) is 0 Å². The van der Waals surface area contributed by atoms with Crippen LogP contribution in [0.3, 0.4) is 0 Å². The van der Waals surface area contributed by atoms with Gasteiger partial charge in [0.1, 0.15) is 5.82 Å². The third-order valence-electron chi connectivity index (χ3n) is 3.24. The first-order valence-corrected chi connectivity index (χ1v) is 7.79. The first-order chi connectivity index (χ1) is 10.2. The third kappa shape index (κ3) is 6.27. The molecule has 6 nitrogen and oxygen atoms in total. The van der Waals surface area contributed by atoms with Crippen molar-refractivity contribution in [3.8, 4) is 5.88 Å². The highest BCUT2D eigenvalue weighted by atomic mass is 16.5. The predicted molar refractivity (Wildman–Crippen MR) is 82.7 cm³/mol. The van der Waals surface area contributed by atoms with Crippen LogP contribution < -0.4 is 15.4 Å². The third-order valence-corrected chi connectivity index (χ3v) is 3.24. The highest BCUT2D eigenvalue weighted by Crippen LogP contribution is 2.11. The van der Waals surface area contributed by atoms with Crippen LogP contribution in [0.2, 0.25) is 0 Å². The van der Waals surface area contributed by atoms with Crippen molar-refractivity contribution >= 4 is 5.82 Å². The maximum Gasteiger partial charge on any atom is 0.234 e. The molecule has 0 aliphatic carbocycles. The number of piperidine rings is 1. The monoisotopic (exact) mass is 294 g/mol. The zero-order chi connectivity index (χ0) is 14.9. The minimum Gasteiger partial charge on any atom is -0.474 e. The smallest absolute Gasteiger partial charge is 0.234 e. The van der Waals surface area contributed by atoms with Gasteiger partial charge in [0, 0.05) is 13.2 Å². The topological polar surface area (TPSA) is 68.3 Å². The van der Waals surface area contributed by atoms with Gasteiger partial charge in [-0.05, 0) is 46.2 Å². The Hall–Kier alpha value is -1.40. The zero-order valence-electron chi connectivity index (χ0n) is 13.0. The molecule has 0 spiro atoms. The van der Waals surface area contributed by atoms with Crippen molar-refractivity contribution in [2.75, 3.05) is 31.6 Å². The molecule has 1 aromatic rings. The Balaban J connectivity index is 1.61. The lowest BCUT2D eigenvalue weighted by Gasteiger charge is -2.22. The molecule has 0 saturated carbocycles. The van der Waals surface area contributed by atoms with Crippen molar-refractivity contribution in [1.29, 1.82) is 0 Å². The molecule has 0 bridgehead atoms. The van der Waals surface area contributed by atoms with Crippen LogP contribution in [-0.4, -0.2) is 48.4 Å². The quantitative estimate of drug-likeness (QED) is 0.713. The van der Waals surface area contributed by atoms with Crippen molar-refractivity contribution in [3.63, 3.8) is 0 Å². The normalized spacial score (nSPS) is 16.1. The molecule has 0 aromatic carbocycles. The molecule has 1 fully saturated rings. The Morgan fingerprint density at radius 1 is 1.33 bits per heavy atom. The van der Waals surface area contributed by atoms with Crippen LogP contribution in [0.25, 0.3) is 0 Å². The molecule has 1 aliphatic rings. The molecule has 0 radical (unpaired) electrons. The van der Waals surface area contributed by atoms with Crippen LogP contribution in [0, 0.1) is 0 Å². The Kier molecular flexibility index (Phi) is 6.69. The number of aromatic nitrogens is 2. The summed E-state index contributed by atoms with van der Waals surface area (Å²) in [5.74, 6) is 1.30. The number of nitrogens with one attached hydrogen (secondary N) is 2. The SMILES string of the molecule is CC(C)Oc1cncc(NCCCOC2CCNCC2)n1. The summed E-state index contributed by atoms with van der Waals surface area (Å²) in [5.41, 5.74) is 0. The fourth-order valence-electron chi connectivity index (χ4n) is 2.23. The molecule has 0 amide bonds. The molecule has 2 N–H and O–H groups in total. The van der Waals surface area contributed by atoms with E-state index in [1.165, 1.54) is 0 Å². The number of anilines is 1. The summed E-state index contributed by atoms with van der Waals surface area (Å²) in [4.78, 5) is 8.48. The Morgan fingerprint density at radius 2 is 2.14 bits per heavy atom. The molecule has 2 heterocycles. The molecule has 6 heteroatoms. The van der Waals surface area contributed by atoms with Gasteiger partial charge in [0.2, 0.25) is 5.88 Å². The van der Waals surface area contributed by atoms with E-state index in [4.69, 9.17) is 9.47 Å². The van der Waals surface area contributed by atoms with Gasteiger partial charge in [-0.1, -0.05) is 0 Å². The summed E-state index contributed by atoms with van der Waals surface area (Å²) in [7, 11) is 0. The van der Waals surface area contributed by atoms with Crippen LogP contribution in [0.4, 0.5) is 5.82 Å². The first-order valence-electron chi connectivity index (χ1n) is 7.79. The number of rotatable bonds is 8. The van der Waals surface area contributed by atoms with Crippen LogP contribution in [0.15, 0.2) is 12.4 Å². The lowest BCUT2D eigenvalue weighted by molar-refractivity contribution is 0.0329. The van der Waals surface area contributed by atoms with E-state index in [1.54, 1.807) is 12.4 Å². The van der Waals surface area contributed by atoms with Crippen molar-refractivity contribution in [1.82, 2.24) is 15.3 Å². The van der Waals surface area contributed by atoms with E-state index >= 15 is 0 Å². The number of hydrogen-bond donors (Lipinski definition) is 2. The zero-order valence-corrected chi connectivity index (χ0v) is 13.0. The van der Waals surface area contributed by atoms with E-state index in [1.807, 2.05) is 13.8 Å². The molecule has 1 saturated heterocycles. The van der Waals surface area contributed by atoms with Gasteiger partial charge in [0.25, 0.3) is 0 Å². The first kappa shape index (κ1) is 16.0. The van der Waals surface area contributed by atoms with Gasteiger partial charge >= 0.3 is 0 Å². The lowest BCUT2D eigenvalue weighted by atomic mass is 10.1. The van der Waals surface area contributed by atoms with Crippen molar-refractivity contribution in [3.05, 3.63) is 12.4 Å². The van der Waals surface area contributed by atoms with Crippen LogP contribution >= 0.6 is 0 Å². The van der Waals surface area contributed by atoms with E-state index in [-0.39, 0.29) is 6.10 Å². The van der Waals surface area contributed by atoms with Gasteiger partial charge < -0.3 is 20.1 Å². The van der Waals surface area contributed by atoms with Gasteiger partial charge in [-0.3, -0.25) is 4.98 Å².